The molecule has 0 spiro atoms. The van der Waals surface area contributed by atoms with Crippen LogP contribution in [0.25, 0.3) is 10.8 Å². The van der Waals surface area contributed by atoms with Gasteiger partial charge in [0.25, 0.3) is 0 Å². The summed E-state index contributed by atoms with van der Waals surface area (Å²) in [6.45, 7) is 7.54. The zero-order chi connectivity index (χ0) is 23.7. The van der Waals surface area contributed by atoms with Crippen molar-refractivity contribution in [2.45, 2.75) is 32.6 Å². The van der Waals surface area contributed by atoms with Gasteiger partial charge >= 0.3 is 0 Å². The lowest BCUT2D eigenvalue weighted by molar-refractivity contribution is -0.116. The van der Waals surface area contributed by atoms with Crippen molar-refractivity contribution in [3.05, 3.63) is 96.7 Å². The summed E-state index contributed by atoms with van der Waals surface area (Å²) in [6, 6.07) is 22.5. The summed E-state index contributed by atoms with van der Waals surface area (Å²) >= 11 is 0. The van der Waals surface area contributed by atoms with E-state index in [1.165, 1.54) is 16.3 Å². The number of nitrogens with one attached hydrogen (secondary N) is 1. The van der Waals surface area contributed by atoms with Crippen molar-refractivity contribution in [2.24, 2.45) is 0 Å². The van der Waals surface area contributed by atoms with Crippen LogP contribution in [-0.4, -0.2) is 26.2 Å². The first-order valence-corrected chi connectivity index (χ1v) is 11.4. The molecule has 4 heteroatoms. The average Bonchev–Trinajstić information content (AvgIpc) is 2.81. The molecular weight excluding hydrogens is 408 g/mol. The summed E-state index contributed by atoms with van der Waals surface area (Å²) in [5.41, 5.74) is 3.21. The van der Waals surface area contributed by atoms with Gasteiger partial charge in [0, 0.05) is 38.2 Å². The summed E-state index contributed by atoms with van der Waals surface area (Å²) in [6.07, 6.45) is 8.78. The zero-order valence-corrected chi connectivity index (χ0v) is 20.0. The smallest absolute Gasteiger partial charge is 0.227 e. The lowest BCUT2D eigenvalue weighted by Gasteiger charge is -2.29. The Labute approximate surface area is 197 Å². The summed E-state index contributed by atoms with van der Waals surface area (Å²) in [4.78, 5) is 13.7. The highest BCUT2D eigenvalue weighted by atomic mass is 16.5. The van der Waals surface area contributed by atoms with Gasteiger partial charge in [-0.3, -0.25) is 9.69 Å². The zero-order valence-electron chi connectivity index (χ0n) is 20.0. The molecule has 1 N–H and O–H groups in total. The molecule has 0 saturated carbocycles. The van der Waals surface area contributed by atoms with E-state index < -0.39 is 0 Å². The van der Waals surface area contributed by atoms with Crippen molar-refractivity contribution in [3.63, 3.8) is 0 Å². The van der Waals surface area contributed by atoms with Gasteiger partial charge in [0.05, 0.1) is 6.61 Å². The predicted molar refractivity (Wildman–Crippen MR) is 140 cm³/mol. The fraction of sp³-hybridized carbons (Fsp3) is 0.276. The van der Waals surface area contributed by atoms with Crippen LogP contribution < -0.4 is 10.2 Å². The molecule has 172 valence electrons. The number of ether oxygens (including phenoxy) is 1. The third kappa shape index (κ3) is 6.33. The molecule has 0 fully saturated rings. The number of rotatable bonds is 10. The second-order valence-electron chi connectivity index (χ2n) is 8.71. The molecule has 33 heavy (non-hydrogen) atoms. The lowest BCUT2D eigenvalue weighted by Crippen LogP contribution is -2.21. The number of para-hydroxylation sites is 1. The first-order valence-electron chi connectivity index (χ1n) is 11.4. The Bertz CT molecular complexity index is 1120. The Morgan fingerprint density at radius 3 is 2.45 bits per heavy atom. The van der Waals surface area contributed by atoms with Gasteiger partial charge in [-0.1, -0.05) is 74.5 Å². The largest absolute Gasteiger partial charge is 0.383 e. The molecule has 1 amide bonds. The molecule has 0 bridgehead atoms. The number of methoxy groups -OCH3 is 1. The number of fused-ring (bicyclic) bond motifs is 1. The van der Waals surface area contributed by atoms with E-state index in [1.807, 2.05) is 48.7 Å². The average molecular weight is 443 g/mol. The van der Waals surface area contributed by atoms with E-state index in [9.17, 15) is 4.79 Å². The third-order valence-electron chi connectivity index (χ3n) is 5.71. The molecular formula is C29H34N2O2. The van der Waals surface area contributed by atoms with Crippen LogP contribution >= 0.6 is 0 Å². The predicted octanol–water partition coefficient (Wildman–Crippen LogP) is 6.69. The van der Waals surface area contributed by atoms with E-state index in [0.717, 1.165) is 24.3 Å². The first kappa shape index (κ1) is 24.3. The molecule has 0 saturated heterocycles. The Morgan fingerprint density at radius 2 is 1.73 bits per heavy atom. The summed E-state index contributed by atoms with van der Waals surface area (Å²) in [5, 5.41) is 6.05. The number of hydrogen-bond donors (Lipinski definition) is 1. The van der Waals surface area contributed by atoms with Crippen molar-refractivity contribution in [2.75, 3.05) is 30.5 Å². The standard InChI is InChI=1S/C29H34N2O2/c1-23(32)31(25-14-7-5-8-15-25)21-12-6-11-19-29(2,3)28-26-16-10-9-13-24(26)17-18-27(28)30-20-22-33-4/h5-18,21,30H,19-20,22H2,1-4H3/b11-6+,21-12-. The van der Waals surface area contributed by atoms with E-state index in [-0.39, 0.29) is 11.3 Å². The number of amides is 1. The molecule has 0 aliphatic carbocycles. The molecule has 0 heterocycles. The highest BCUT2D eigenvalue weighted by molar-refractivity contribution is 5.93. The fourth-order valence-electron chi connectivity index (χ4n) is 4.08. The number of hydrogen-bond acceptors (Lipinski definition) is 3. The Morgan fingerprint density at radius 1 is 1.00 bits per heavy atom. The van der Waals surface area contributed by atoms with Crippen molar-refractivity contribution in [1.82, 2.24) is 0 Å². The third-order valence-corrected chi connectivity index (χ3v) is 5.71. The molecule has 0 unspecified atom stereocenters. The minimum atomic E-state index is -0.0969. The number of benzene rings is 3. The monoisotopic (exact) mass is 442 g/mol. The van der Waals surface area contributed by atoms with Gasteiger partial charge in [-0.2, -0.15) is 0 Å². The number of anilines is 2. The number of carbonyl (C=O) groups excluding carboxylic acids is 1. The van der Waals surface area contributed by atoms with Crippen LogP contribution in [0.3, 0.4) is 0 Å². The second-order valence-corrected chi connectivity index (χ2v) is 8.71. The molecule has 0 atom stereocenters. The minimum absolute atomic E-state index is 0.0197. The molecule has 0 radical (unpaired) electrons. The van der Waals surface area contributed by atoms with Gasteiger partial charge in [-0.05, 0) is 52.4 Å². The van der Waals surface area contributed by atoms with Gasteiger partial charge in [0.1, 0.15) is 0 Å². The molecule has 0 aliphatic rings. The van der Waals surface area contributed by atoms with E-state index >= 15 is 0 Å². The van der Waals surface area contributed by atoms with Gasteiger partial charge in [0.2, 0.25) is 5.91 Å². The van der Waals surface area contributed by atoms with Crippen LogP contribution in [0.4, 0.5) is 11.4 Å². The number of carbonyl (C=O) groups is 1. The topological polar surface area (TPSA) is 41.6 Å². The van der Waals surface area contributed by atoms with Crippen LogP contribution in [0.1, 0.15) is 32.8 Å². The number of allylic oxidation sites excluding steroid dienone is 3. The highest BCUT2D eigenvalue weighted by Crippen LogP contribution is 2.38. The first-order chi connectivity index (χ1) is 15.9. The van der Waals surface area contributed by atoms with Crippen LogP contribution in [0.2, 0.25) is 0 Å². The van der Waals surface area contributed by atoms with Crippen molar-refractivity contribution in [3.8, 4) is 0 Å². The fourth-order valence-corrected chi connectivity index (χ4v) is 4.08. The summed E-state index contributed by atoms with van der Waals surface area (Å²) in [5.74, 6) is -0.0197. The minimum Gasteiger partial charge on any atom is -0.383 e. The maximum Gasteiger partial charge on any atom is 0.227 e. The van der Waals surface area contributed by atoms with Crippen molar-refractivity contribution in [1.29, 1.82) is 0 Å². The molecule has 0 aromatic heterocycles. The quantitative estimate of drug-likeness (QED) is 0.281. The van der Waals surface area contributed by atoms with Gasteiger partial charge in [-0.15, -0.1) is 0 Å². The van der Waals surface area contributed by atoms with Crippen LogP contribution in [0.15, 0.2) is 91.2 Å². The van der Waals surface area contributed by atoms with E-state index in [2.05, 4.69) is 61.6 Å². The van der Waals surface area contributed by atoms with Gasteiger partial charge in [0.15, 0.2) is 0 Å². The van der Waals surface area contributed by atoms with Crippen LogP contribution in [0.5, 0.6) is 0 Å². The molecule has 0 aliphatic heterocycles. The second kappa shape index (κ2) is 11.5. The molecule has 3 aromatic rings. The summed E-state index contributed by atoms with van der Waals surface area (Å²) < 4.78 is 5.23. The summed E-state index contributed by atoms with van der Waals surface area (Å²) in [7, 11) is 1.72. The van der Waals surface area contributed by atoms with Crippen molar-refractivity contribution >= 4 is 28.1 Å². The Hall–Kier alpha value is -3.37. The molecule has 3 rings (SSSR count). The maximum atomic E-state index is 12.1. The van der Waals surface area contributed by atoms with Crippen molar-refractivity contribution < 1.29 is 9.53 Å². The Kier molecular flexibility index (Phi) is 8.45. The number of nitrogens with zero attached hydrogens (tertiary/aromatic N) is 1. The molecule has 3 aromatic carbocycles. The molecule has 4 nitrogen and oxygen atoms in total. The highest BCUT2D eigenvalue weighted by Gasteiger charge is 2.25. The SMILES string of the molecule is COCCNc1ccc2ccccc2c1C(C)(C)C/C=C/C=C\N(C(C)=O)c1ccccc1. The van der Waals surface area contributed by atoms with E-state index in [0.29, 0.717) is 6.61 Å². The normalized spacial score (nSPS) is 12.0. The van der Waals surface area contributed by atoms with E-state index in [1.54, 1.807) is 18.9 Å². The van der Waals surface area contributed by atoms with Gasteiger partial charge in [-0.25, -0.2) is 0 Å². The Balaban J connectivity index is 1.81. The van der Waals surface area contributed by atoms with Crippen LogP contribution in [0, 0.1) is 0 Å². The van der Waals surface area contributed by atoms with Crippen LogP contribution in [-0.2, 0) is 14.9 Å². The van der Waals surface area contributed by atoms with E-state index in [4.69, 9.17) is 4.74 Å². The van der Waals surface area contributed by atoms with Gasteiger partial charge < -0.3 is 10.1 Å². The maximum absolute atomic E-state index is 12.1. The lowest BCUT2D eigenvalue weighted by atomic mass is 9.78.